The third-order valence-electron chi connectivity index (χ3n) is 3.96. The molecule has 2 rings (SSSR count). The molecule has 0 saturated carbocycles. The molecule has 1 fully saturated rings. The van der Waals surface area contributed by atoms with Crippen LogP contribution in [0.15, 0.2) is 30.3 Å². The van der Waals surface area contributed by atoms with Crippen LogP contribution in [-0.2, 0) is 11.3 Å². The number of amides is 1. The third-order valence-corrected chi connectivity index (χ3v) is 3.96. The largest absolute Gasteiger partial charge is 0.355 e. The second-order valence-electron chi connectivity index (χ2n) is 5.77. The van der Waals surface area contributed by atoms with Crippen LogP contribution in [0, 0.1) is 0 Å². The number of nitrogens with zero attached hydrogens (tertiary/aromatic N) is 1. The average molecular weight is 289 g/mol. The molecule has 1 amide bonds. The maximum absolute atomic E-state index is 11.6. The summed E-state index contributed by atoms with van der Waals surface area (Å²) in [5.41, 5.74) is 1.38. The number of benzene rings is 1. The summed E-state index contributed by atoms with van der Waals surface area (Å²) in [6.07, 6.45) is 3.23. The predicted octanol–water partition coefficient (Wildman–Crippen LogP) is 1.77. The number of carbonyl (C=O) groups excluding carboxylic acids is 1. The number of rotatable bonds is 7. The molecule has 1 saturated heterocycles. The van der Waals surface area contributed by atoms with Gasteiger partial charge in [-0.25, -0.2) is 0 Å². The number of piperidine rings is 1. The van der Waals surface area contributed by atoms with E-state index < -0.39 is 0 Å². The third kappa shape index (κ3) is 5.86. The second-order valence-corrected chi connectivity index (χ2v) is 5.77. The van der Waals surface area contributed by atoms with Crippen LogP contribution in [0.2, 0.25) is 0 Å². The van der Waals surface area contributed by atoms with Gasteiger partial charge in [-0.2, -0.15) is 0 Å². The van der Waals surface area contributed by atoms with Crippen molar-refractivity contribution in [2.24, 2.45) is 0 Å². The molecule has 1 heterocycles. The molecule has 0 aromatic heterocycles. The maximum Gasteiger partial charge on any atom is 0.233 e. The first-order chi connectivity index (χ1) is 10.3. The summed E-state index contributed by atoms with van der Waals surface area (Å²) < 4.78 is 0. The summed E-state index contributed by atoms with van der Waals surface area (Å²) in [5, 5.41) is 6.28. The Bertz CT molecular complexity index is 413. The lowest BCUT2D eigenvalue weighted by Gasteiger charge is -2.32. The lowest BCUT2D eigenvalue weighted by Crippen LogP contribution is -2.45. The minimum atomic E-state index is 0.114. The van der Waals surface area contributed by atoms with Gasteiger partial charge in [0.1, 0.15) is 0 Å². The zero-order chi connectivity index (χ0) is 14.9. The van der Waals surface area contributed by atoms with Crippen LogP contribution in [-0.4, -0.2) is 43.0 Å². The minimum absolute atomic E-state index is 0.114. The lowest BCUT2D eigenvalue weighted by molar-refractivity contribution is -0.120. The van der Waals surface area contributed by atoms with Crippen LogP contribution in [0.3, 0.4) is 0 Å². The smallest absolute Gasteiger partial charge is 0.233 e. The maximum atomic E-state index is 11.6. The Kier molecular flexibility index (Phi) is 6.70. The Balaban J connectivity index is 1.63. The molecule has 0 aliphatic carbocycles. The summed E-state index contributed by atoms with van der Waals surface area (Å²) in [6, 6.07) is 11.1. The molecule has 2 N–H and O–H groups in total. The SMILES string of the molecule is CCCNC(=O)CNC1CCN(Cc2ccccc2)CC1. The molecule has 1 aromatic rings. The zero-order valence-electron chi connectivity index (χ0n) is 13.0. The Morgan fingerprint density at radius 2 is 1.95 bits per heavy atom. The molecule has 0 atom stereocenters. The summed E-state index contributed by atoms with van der Waals surface area (Å²) in [5.74, 6) is 0.114. The quantitative estimate of drug-likeness (QED) is 0.804. The normalized spacial score (nSPS) is 16.8. The molecule has 0 spiro atoms. The molecular formula is C17H27N3O. The molecule has 116 valence electrons. The zero-order valence-corrected chi connectivity index (χ0v) is 13.0. The van der Waals surface area contributed by atoms with Gasteiger partial charge in [-0.05, 0) is 37.9 Å². The van der Waals surface area contributed by atoms with Crippen molar-refractivity contribution in [2.45, 2.75) is 38.8 Å². The molecule has 21 heavy (non-hydrogen) atoms. The number of hydrogen-bond acceptors (Lipinski definition) is 3. The summed E-state index contributed by atoms with van der Waals surface area (Å²) in [7, 11) is 0. The van der Waals surface area contributed by atoms with E-state index in [1.807, 2.05) is 0 Å². The highest BCUT2D eigenvalue weighted by molar-refractivity contribution is 5.77. The van der Waals surface area contributed by atoms with Crippen molar-refractivity contribution < 1.29 is 4.79 Å². The van der Waals surface area contributed by atoms with E-state index in [1.54, 1.807) is 0 Å². The topological polar surface area (TPSA) is 44.4 Å². The van der Waals surface area contributed by atoms with Gasteiger partial charge in [0.05, 0.1) is 6.54 Å². The Morgan fingerprint density at radius 3 is 2.62 bits per heavy atom. The van der Waals surface area contributed by atoms with Gasteiger partial charge in [-0.1, -0.05) is 37.3 Å². The second kappa shape index (κ2) is 8.80. The molecule has 1 aliphatic rings. The molecule has 0 bridgehead atoms. The molecular weight excluding hydrogens is 262 g/mol. The summed E-state index contributed by atoms with van der Waals surface area (Å²) in [6.45, 7) is 6.52. The average Bonchev–Trinajstić information content (AvgIpc) is 2.53. The van der Waals surface area contributed by atoms with Crippen LogP contribution in [0.25, 0.3) is 0 Å². The fourth-order valence-electron chi connectivity index (χ4n) is 2.70. The Hall–Kier alpha value is -1.39. The molecule has 1 aliphatic heterocycles. The first-order valence-electron chi connectivity index (χ1n) is 8.04. The van der Waals surface area contributed by atoms with Crippen molar-refractivity contribution in [3.05, 3.63) is 35.9 Å². The van der Waals surface area contributed by atoms with E-state index in [-0.39, 0.29) is 5.91 Å². The molecule has 1 aromatic carbocycles. The van der Waals surface area contributed by atoms with Gasteiger partial charge in [0, 0.05) is 19.1 Å². The van der Waals surface area contributed by atoms with Crippen LogP contribution >= 0.6 is 0 Å². The van der Waals surface area contributed by atoms with E-state index in [0.717, 1.165) is 45.4 Å². The number of carbonyl (C=O) groups is 1. The van der Waals surface area contributed by atoms with Crippen molar-refractivity contribution in [2.75, 3.05) is 26.2 Å². The van der Waals surface area contributed by atoms with Gasteiger partial charge in [-0.3, -0.25) is 9.69 Å². The van der Waals surface area contributed by atoms with Crippen LogP contribution in [0.1, 0.15) is 31.7 Å². The first-order valence-corrected chi connectivity index (χ1v) is 8.04. The monoisotopic (exact) mass is 289 g/mol. The highest BCUT2D eigenvalue weighted by Gasteiger charge is 2.19. The van der Waals surface area contributed by atoms with Gasteiger partial charge in [0.2, 0.25) is 5.91 Å². The van der Waals surface area contributed by atoms with Crippen LogP contribution in [0.5, 0.6) is 0 Å². The molecule has 0 unspecified atom stereocenters. The molecule has 4 heteroatoms. The van der Waals surface area contributed by atoms with Gasteiger partial charge in [0.15, 0.2) is 0 Å². The van der Waals surface area contributed by atoms with Crippen molar-refractivity contribution in [1.29, 1.82) is 0 Å². The number of likely N-dealkylation sites (tertiary alicyclic amines) is 1. The van der Waals surface area contributed by atoms with E-state index in [1.165, 1.54) is 5.56 Å². The molecule has 0 radical (unpaired) electrons. The standard InChI is InChI=1S/C17H27N3O/c1-2-10-18-17(21)13-19-16-8-11-20(12-9-16)14-15-6-4-3-5-7-15/h3-7,16,19H,2,8-14H2,1H3,(H,18,21). The fourth-order valence-corrected chi connectivity index (χ4v) is 2.70. The summed E-state index contributed by atoms with van der Waals surface area (Å²) in [4.78, 5) is 14.1. The van der Waals surface area contributed by atoms with Gasteiger partial charge in [-0.15, -0.1) is 0 Å². The highest BCUT2D eigenvalue weighted by Crippen LogP contribution is 2.13. The minimum Gasteiger partial charge on any atom is -0.355 e. The van der Waals surface area contributed by atoms with Gasteiger partial charge < -0.3 is 10.6 Å². The van der Waals surface area contributed by atoms with Crippen LogP contribution < -0.4 is 10.6 Å². The first kappa shape index (κ1) is 16.0. The van der Waals surface area contributed by atoms with E-state index in [4.69, 9.17) is 0 Å². The Labute approximate surface area is 127 Å². The van der Waals surface area contributed by atoms with Gasteiger partial charge >= 0.3 is 0 Å². The fraction of sp³-hybridized carbons (Fsp3) is 0.588. The van der Waals surface area contributed by atoms with Crippen molar-refractivity contribution in [1.82, 2.24) is 15.5 Å². The van der Waals surface area contributed by atoms with E-state index in [9.17, 15) is 4.79 Å². The van der Waals surface area contributed by atoms with E-state index in [0.29, 0.717) is 12.6 Å². The van der Waals surface area contributed by atoms with Crippen LogP contribution in [0.4, 0.5) is 0 Å². The summed E-state index contributed by atoms with van der Waals surface area (Å²) >= 11 is 0. The van der Waals surface area contributed by atoms with E-state index in [2.05, 4.69) is 52.8 Å². The lowest BCUT2D eigenvalue weighted by atomic mass is 10.0. The van der Waals surface area contributed by atoms with Crippen molar-refractivity contribution >= 4 is 5.91 Å². The van der Waals surface area contributed by atoms with Crippen molar-refractivity contribution in [3.63, 3.8) is 0 Å². The van der Waals surface area contributed by atoms with E-state index >= 15 is 0 Å². The predicted molar refractivity (Wildman–Crippen MR) is 86.0 cm³/mol. The van der Waals surface area contributed by atoms with Gasteiger partial charge in [0.25, 0.3) is 0 Å². The molecule has 4 nitrogen and oxygen atoms in total. The number of hydrogen-bond donors (Lipinski definition) is 2. The Morgan fingerprint density at radius 1 is 1.24 bits per heavy atom. The highest BCUT2D eigenvalue weighted by atomic mass is 16.1. The number of nitrogens with one attached hydrogen (secondary N) is 2. The van der Waals surface area contributed by atoms with Crippen molar-refractivity contribution in [3.8, 4) is 0 Å².